The van der Waals surface area contributed by atoms with Crippen molar-refractivity contribution >= 4 is 49.9 Å². The highest BCUT2D eigenvalue weighted by Crippen LogP contribution is 2.28. The molecule has 0 saturated heterocycles. The minimum Gasteiger partial charge on any atom is -0.324 e. The van der Waals surface area contributed by atoms with Gasteiger partial charge in [0.05, 0.1) is 10.7 Å². The highest BCUT2D eigenvalue weighted by Gasteiger charge is 2.14. The van der Waals surface area contributed by atoms with E-state index in [1.807, 2.05) is 6.92 Å². The molecule has 1 aromatic carbocycles. The van der Waals surface area contributed by atoms with Crippen molar-refractivity contribution in [3.8, 4) is 0 Å². The van der Waals surface area contributed by atoms with Gasteiger partial charge in [-0.05, 0) is 60.2 Å². The second-order valence-corrected chi connectivity index (χ2v) is 7.61. The van der Waals surface area contributed by atoms with Gasteiger partial charge in [-0.3, -0.25) is 0 Å². The van der Waals surface area contributed by atoms with Crippen LogP contribution in [0.1, 0.15) is 27.2 Å². The molecule has 2 nitrogen and oxygen atoms in total. The van der Waals surface area contributed by atoms with Crippen LogP contribution in [-0.4, -0.2) is 4.98 Å². The third-order valence-corrected chi connectivity index (χ3v) is 5.31. The number of benzene rings is 1. The molecule has 5 heteroatoms. The van der Waals surface area contributed by atoms with Gasteiger partial charge in [-0.1, -0.05) is 15.9 Å². The fourth-order valence-electron chi connectivity index (χ4n) is 1.72. The van der Waals surface area contributed by atoms with E-state index in [1.165, 1.54) is 8.45 Å². The van der Waals surface area contributed by atoms with Crippen LogP contribution in [0, 0.1) is 17.4 Å². The SMILES string of the molecule is Cc1nc(CC(N)c2cc(I)ccc2Br)sc1C. The molecule has 1 unspecified atom stereocenters. The molecule has 0 bridgehead atoms. The molecule has 0 saturated carbocycles. The van der Waals surface area contributed by atoms with E-state index >= 15 is 0 Å². The summed E-state index contributed by atoms with van der Waals surface area (Å²) in [6.45, 7) is 4.14. The minimum absolute atomic E-state index is 0.0148. The Morgan fingerprint density at radius 3 is 2.78 bits per heavy atom. The van der Waals surface area contributed by atoms with Gasteiger partial charge < -0.3 is 5.73 Å². The van der Waals surface area contributed by atoms with Crippen LogP contribution in [0.15, 0.2) is 22.7 Å². The lowest BCUT2D eigenvalue weighted by molar-refractivity contribution is 0.713. The molecular formula is C13H14BrIN2S. The van der Waals surface area contributed by atoms with E-state index in [2.05, 4.69) is 68.6 Å². The molecule has 2 rings (SSSR count). The Labute approximate surface area is 133 Å². The second-order valence-electron chi connectivity index (χ2n) is 4.23. The fraction of sp³-hybridized carbons (Fsp3) is 0.308. The minimum atomic E-state index is -0.0148. The smallest absolute Gasteiger partial charge is 0.0949 e. The Hall–Kier alpha value is 0.0200. The van der Waals surface area contributed by atoms with Gasteiger partial charge in [0.2, 0.25) is 0 Å². The first-order valence-electron chi connectivity index (χ1n) is 5.61. The van der Waals surface area contributed by atoms with Gasteiger partial charge in [0.1, 0.15) is 0 Å². The standard InChI is InChI=1S/C13H14BrIN2S/c1-7-8(2)18-13(17-7)6-12(16)10-5-9(15)3-4-11(10)14/h3-5,12H,6,16H2,1-2H3. The van der Waals surface area contributed by atoms with E-state index in [4.69, 9.17) is 5.73 Å². The van der Waals surface area contributed by atoms with Gasteiger partial charge in [-0.2, -0.15) is 0 Å². The van der Waals surface area contributed by atoms with E-state index < -0.39 is 0 Å². The first-order valence-corrected chi connectivity index (χ1v) is 8.29. The highest BCUT2D eigenvalue weighted by atomic mass is 127. The van der Waals surface area contributed by atoms with Gasteiger partial charge in [0.25, 0.3) is 0 Å². The molecule has 0 aliphatic rings. The maximum atomic E-state index is 6.29. The van der Waals surface area contributed by atoms with Gasteiger partial charge in [0.15, 0.2) is 0 Å². The number of halogens is 2. The fourth-order valence-corrected chi connectivity index (χ4v) is 3.77. The monoisotopic (exact) mass is 436 g/mol. The zero-order chi connectivity index (χ0) is 13.3. The zero-order valence-electron chi connectivity index (χ0n) is 10.2. The largest absolute Gasteiger partial charge is 0.324 e. The average molecular weight is 437 g/mol. The molecule has 1 aromatic heterocycles. The summed E-state index contributed by atoms with van der Waals surface area (Å²) in [6.07, 6.45) is 0.790. The van der Waals surface area contributed by atoms with Crippen LogP contribution in [0.5, 0.6) is 0 Å². The Morgan fingerprint density at radius 1 is 1.44 bits per heavy atom. The Bertz CT molecular complexity index is 549. The molecule has 96 valence electrons. The van der Waals surface area contributed by atoms with Crippen molar-refractivity contribution in [2.45, 2.75) is 26.3 Å². The Kier molecular flexibility index (Phi) is 4.80. The molecule has 2 aromatic rings. The van der Waals surface area contributed by atoms with E-state index in [0.29, 0.717) is 0 Å². The van der Waals surface area contributed by atoms with Crippen LogP contribution in [0.3, 0.4) is 0 Å². The predicted octanol–water partition coefficient (Wildman–Crippen LogP) is 4.37. The van der Waals surface area contributed by atoms with Crippen LogP contribution in [0.25, 0.3) is 0 Å². The van der Waals surface area contributed by atoms with Crippen LogP contribution < -0.4 is 5.73 Å². The average Bonchev–Trinajstić information content (AvgIpc) is 2.61. The molecule has 1 atom stereocenters. The molecule has 0 aliphatic heterocycles. The normalized spacial score (nSPS) is 12.7. The van der Waals surface area contributed by atoms with Crippen molar-refractivity contribution in [2.75, 3.05) is 0 Å². The van der Waals surface area contributed by atoms with E-state index in [9.17, 15) is 0 Å². The maximum Gasteiger partial charge on any atom is 0.0949 e. The van der Waals surface area contributed by atoms with Crippen molar-refractivity contribution < 1.29 is 0 Å². The Morgan fingerprint density at radius 2 is 2.17 bits per heavy atom. The summed E-state index contributed by atoms with van der Waals surface area (Å²) in [7, 11) is 0. The van der Waals surface area contributed by atoms with Crippen molar-refractivity contribution in [1.29, 1.82) is 0 Å². The number of nitrogens with zero attached hydrogens (tertiary/aromatic N) is 1. The summed E-state index contributed by atoms with van der Waals surface area (Å²) >= 11 is 7.61. The number of rotatable bonds is 3. The lowest BCUT2D eigenvalue weighted by atomic mass is 10.1. The number of aromatic nitrogens is 1. The summed E-state index contributed by atoms with van der Waals surface area (Å²) in [5.74, 6) is 0. The Balaban J connectivity index is 2.21. The molecule has 0 aliphatic carbocycles. The molecule has 0 amide bonds. The number of hydrogen-bond donors (Lipinski definition) is 1. The number of nitrogens with two attached hydrogens (primary N) is 1. The molecular weight excluding hydrogens is 423 g/mol. The zero-order valence-corrected chi connectivity index (χ0v) is 14.8. The summed E-state index contributed by atoms with van der Waals surface area (Å²) in [4.78, 5) is 5.83. The van der Waals surface area contributed by atoms with E-state index in [-0.39, 0.29) is 6.04 Å². The topological polar surface area (TPSA) is 38.9 Å². The predicted molar refractivity (Wildman–Crippen MR) is 89.1 cm³/mol. The number of thiazole rings is 1. The van der Waals surface area contributed by atoms with Crippen molar-refractivity contribution in [2.24, 2.45) is 5.73 Å². The molecule has 0 fully saturated rings. The third-order valence-electron chi connectivity index (χ3n) is 2.82. The van der Waals surface area contributed by atoms with Crippen molar-refractivity contribution in [1.82, 2.24) is 4.98 Å². The summed E-state index contributed by atoms with van der Waals surface area (Å²) in [6, 6.07) is 6.23. The molecule has 1 heterocycles. The molecule has 2 N–H and O–H groups in total. The third kappa shape index (κ3) is 3.31. The van der Waals surface area contributed by atoms with Crippen LogP contribution in [-0.2, 0) is 6.42 Å². The van der Waals surface area contributed by atoms with Gasteiger partial charge >= 0.3 is 0 Å². The summed E-state index contributed by atoms with van der Waals surface area (Å²) < 4.78 is 2.27. The molecule has 0 spiro atoms. The number of aryl methyl sites for hydroxylation is 2. The highest BCUT2D eigenvalue weighted by molar-refractivity contribution is 14.1. The maximum absolute atomic E-state index is 6.29. The summed E-state index contributed by atoms with van der Waals surface area (Å²) in [5, 5.41) is 1.11. The lowest BCUT2D eigenvalue weighted by Gasteiger charge is -2.13. The van der Waals surface area contributed by atoms with Crippen molar-refractivity contribution in [3.05, 3.63) is 47.4 Å². The van der Waals surface area contributed by atoms with Crippen LogP contribution in [0.4, 0.5) is 0 Å². The van der Waals surface area contributed by atoms with Crippen molar-refractivity contribution in [3.63, 3.8) is 0 Å². The quantitative estimate of drug-likeness (QED) is 0.725. The van der Waals surface area contributed by atoms with Crippen LogP contribution >= 0.6 is 49.9 Å². The summed E-state index contributed by atoms with van der Waals surface area (Å²) in [5.41, 5.74) is 8.55. The first-order chi connectivity index (χ1) is 8.47. The molecule has 0 radical (unpaired) electrons. The van der Waals surface area contributed by atoms with E-state index in [0.717, 1.165) is 27.2 Å². The lowest BCUT2D eigenvalue weighted by Crippen LogP contribution is -2.14. The van der Waals surface area contributed by atoms with Crippen LogP contribution in [0.2, 0.25) is 0 Å². The van der Waals surface area contributed by atoms with Gasteiger partial charge in [-0.15, -0.1) is 11.3 Å². The first kappa shape index (κ1) is 14.4. The number of hydrogen-bond acceptors (Lipinski definition) is 3. The van der Waals surface area contributed by atoms with Gasteiger partial charge in [-0.25, -0.2) is 4.98 Å². The van der Waals surface area contributed by atoms with Gasteiger partial charge in [0, 0.05) is 25.4 Å². The van der Waals surface area contributed by atoms with E-state index in [1.54, 1.807) is 11.3 Å². The molecule has 18 heavy (non-hydrogen) atoms. The second kappa shape index (κ2) is 5.98.